The standard InChI is InChI=1S/C37H69N.C24BF20/c1-4-6-8-10-12-14-16-18-19-21-23-25-27-31-35-38(37-33-29-28-32-36(37)3)34-30-26-24-22-20-17-15-13-11-9-7-5-2;26-5-1(6(27)14(35)21(42)13(5)34)25(2-7(28)15(36)22(43)16(37)8(2)29,3-9(30)17(38)23(44)18(39)10(3)31)4-11(32)19(40)24(45)20(41)12(4)33/h28-29,32-33H,4-27,30-31,34-35H2,1-3H3;/q;-1/p+1. The molecule has 1 atom stereocenters. The molecule has 0 saturated heterocycles. The summed E-state index contributed by atoms with van der Waals surface area (Å²) in [6, 6.07) is 9.14. The Kier molecular flexibility index (Phi) is 28.8. The van der Waals surface area contributed by atoms with E-state index in [9.17, 15) is 52.7 Å². The van der Waals surface area contributed by atoms with Crippen molar-refractivity contribution in [3.8, 4) is 0 Å². The van der Waals surface area contributed by atoms with E-state index in [0.717, 1.165) is 0 Å². The molecular weight excluding hydrogens is 1140 g/mol. The van der Waals surface area contributed by atoms with Gasteiger partial charge in [-0.15, -0.1) is 21.9 Å². The summed E-state index contributed by atoms with van der Waals surface area (Å²) >= 11 is 0. The number of aryl methyl sites for hydroxylation is 1. The quantitative estimate of drug-likeness (QED) is 0.0140. The molecule has 0 fully saturated rings. The summed E-state index contributed by atoms with van der Waals surface area (Å²) in [6.45, 7) is 9.56. The van der Waals surface area contributed by atoms with Crippen LogP contribution in [0.1, 0.15) is 186 Å². The van der Waals surface area contributed by atoms with Gasteiger partial charge in [-0.05, 0) is 38.7 Å². The van der Waals surface area contributed by atoms with Crippen molar-refractivity contribution in [3.63, 3.8) is 0 Å². The Morgan fingerprint density at radius 2 is 0.434 bits per heavy atom. The normalized spacial score (nSPS) is 12.1. The lowest BCUT2D eigenvalue weighted by Gasteiger charge is -2.44. The number of unbranched alkanes of at least 4 members (excludes halogenated alkanes) is 24. The summed E-state index contributed by atoms with van der Waals surface area (Å²) in [4.78, 5) is 1.74. The molecule has 0 amide bonds. The van der Waals surface area contributed by atoms with Gasteiger partial charge in [0.05, 0.1) is 13.1 Å². The molecule has 1 N–H and O–H groups in total. The molecule has 0 radical (unpaired) electrons. The highest BCUT2D eigenvalue weighted by atomic mass is 19.2. The van der Waals surface area contributed by atoms with Crippen molar-refractivity contribution in [3.05, 3.63) is 146 Å². The summed E-state index contributed by atoms with van der Waals surface area (Å²) < 4.78 is 294. The monoisotopic (exact) mass is 1210 g/mol. The molecule has 22 heteroatoms. The van der Waals surface area contributed by atoms with Gasteiger partial charge >= 0.3 is 0 Å². The summed E-state index contributed by atoms with van der Waals surface area (Å²) in [5.41, 5.74) is -11.3. The molecular formula is C61H70BF20N. The van der Waals surface area contributed by atoms with E-state index in [0.29, 0.717) is 0 Å². The average molecular weight is 1210 g/mol. The number of hydrogen-bond donors (Lipinski definition) is 1. The summed E-state index contributed by atoms with van der Waals surface area (Å²) in [5, 5.41) is 0. The molecule has 0 bridgehead atoms. The third-order valence-corrected chi connectivity index (χ3v) is 15.4. The fourth-order valence-corrected chi connectivity index (χ4v) is 11.0. The minimum atomic E-state index is -7.22. The van der Waals surface area contributed by atoms with Gasteiger partial charge in [-0.2, -0.15) is 0 Å². The van der Waals surface area contributed by atoms with Crippen molar-refractivity contribution in [2.24, 2.45) is 0 Å². The molecule has 0 aliphatic carbocycles. The molecule has 5 rings (SSSR count). The first kappa shape index (κ1) is 70.2. The molecule has 0 aliphatic rings. The minimum absolute atomic E-state index is 1.32. The first-order valence-electron chi connectivity index (χ1n) is 28.6. The molecule has 0 spiro atoms. The number of rotatable bonds is 33. The Morgan fingerprint density at radius 1 is 0.253 bits per heavy atom. The molecule has 0 aliphatic heterocycles. The number of benzene rings is 5. The van der Waals surface area contributed by atoms with Crippen LogP contribution in [0.2, 0.25) is 0 Å². The van der Waals surface area contributed by atoms with E-state index in [2.05, 4.69) is 45.0 Å². The van der Waals surface area contributed by atoms with Gasteiger partial charge in [0.15, 0.2) is 69.8 Å². The van der Waals surface area contributed by atoms with Crippen LogP contribution in [0.15, 0.2) is 24.3 Å². The summed E-state index contributed by atoms with van der Waals surface area (Å²) in [6.07, 6.45) is 30.3. The number of quaternary nitrogens is 1. The van der Waals surface area contributed by atoms with Crippen molar-refractivity contribution in [2.75, 3.05) is 13.1 Å². The molecule has 0 aromatic heterocycles. The fraction of sp³-hybridized carbons (Fsp3) is 0.508. The summed E-state index contributed by atoms with van der Waals surface area (Å²) in [5.74, 6) is -71.4. The maximum Gasteiger partial charge on any atom is 0.200 e. The van der Waals surface area contributed by atoms with Gasteiger partial charge in [0.1, 0.15) is 58.4 Å². The molecule has 0 heterocycles. The lowest BCUT2D eigenvalue weighted by Crippen LogP contribution is -3.07. The Balaban J connectivity index is 0.000000363. The first-order chi connectivity index (χ1) is 39.5. The Hall–Kier alpha value is -5.28. The van der Waals surface area contributed by atoms with Crippen molar-refractivity contribution >= 4 is 33.7 Å². The zero-order valence-electron chi connectivity index (χ0n) is 46.7. The van der Waals surface area contributed by atoms with E-state index < -0.39 is 144 Å². The second-order valence-electron chi connectivity index (χ2n) is 21.2. The summed E-state index contributed by atoms with van der Waals surface area (Å²) in [7, 11) is 0. The van der Waals surface area contributed by atoms with Gasteiger partial charge in [0, 0.05) is 5.56 Å². The van der Waals surface area contributed by atoms with E-state index in [1.807, 2.05) is 0 Å². The van der Waals surface area contributed by atoms with Gasteiger partial charge in [-0.25, -0.2) is 87.8 Å². The lowest BCUT2D eigenvalue weighted by atomic mass is 9.12. The van der Waals surface area contributed by atoms with Crippen LogP contribution >= 0.6 is 0 Å². The maximum atomic E-state index is 15.4. The second kappa shape index (κ2) is 34.0. The van der Waals surface area contributed by atoms with Crippen molar-refractivity contribution < 1.29 is 92.7 Å². The zero-order chi connectivity index (χ0) is 61.7. The highest BCUT2D eigenvalue weighted by Crippen LogP contribution is 2.31. The predicted molar refractivity (Wildman–Crippen MR) is 282 cm³/mol. The SMILES string of the molecule is CCCCCCCCCCCCCCCC[NH+](CCCCCCCCCCCCCC)c1ccccc1C.Fc1c(F)c(F)c([B-](c2c(F)c(F)c(F)c(F)c2F)(c2c(F)c(F)c(F)c(F)c2F)c2c(F)c(F)c(F)c(F)c2F)c(F)c1F. The Bertz CT molecular complexity index is 2510. The van der Waals surface area contributed by atoms with E-state index >= 15 is 35.1 Å². The van der Waals surface area contributed by atoms with Crippen molar-refractivity contribution in [2.45, 2.75) is 188 Å². The van der Waals surface area contributed by atoms with Gasteiger partial charge in [0.2, 0.25) is 0 Å². The number of halogens is 20. The van der Waals surface area contributed by atoms with Crippen molar-refractivity contribution in [1.29, 1.82) is 0 Å². The van der Waals surface area contributed by atoms with Crippen LogP contribution in [0, 0.1) is 123 Å². The van der Waals surface area contributed by atoms with Gasteiger partial charge in [-0.3, -0.25) is 0 Å². The van der Waals surface area contributed by atoms with Gasteiger partial charge in [-0.1, -0.05) is 173 Å². The molecule has 0 saturated carbocycles. The number of nitrogens with one attached hydrogen (secondary N) is 1. The van der Waals surface area contributed by atoms with Crippen molar-refractivity contribution in [1.82, 2.24) is 0 Å². The average Bonchev–Trinajstić information content (AvgIpc) is 0.780. The third kappa shape index (κ3) is 16.8. The Labute approximate surface area is 472 Å². The van der Waals surface area contributed by atoms with Crippen LogP contribution in [0.3, 0.4) is 0 Å². The van der Waals surface area contributed by atoms with Crippen LogP contribution in [-0.4, -0.2) is 19.2 Å². The maximum absolute atomic E-state index is 15.4. The van der Waals surface area contributed by atoms with Crippen LogP contribution in [0.4, 0.5) is 93.5 Å². The van der Waals surface area contributed by atoms with E-state index in [1.165, 1.54) is 186 Å². The lowest BCUT2D eigenvalue weighted by molar-refractivity contribution is -0.833. The molecule has 83 heavy (non-hydrogen) atoms. The molecule has 5 aromatic rings. The topological polar surface area (TPSA) is 4.44 Å². The molecule has 1 unspecified atom stereocenters. The van der Waals surface area contributed by atoms with Crippen LogP contribution in [-0.2, 0) is 0 Å². The predicted octanol–water partition coefficient (Wildman–Crippen LogP) is 17.5. The molecule has 462 valence electrons. The van der Waals surface area contributed by atoms with E-state index in [-0.39, 0.29) is 0 Å². The number of hydrogen-bond acceptors (Lipinski definition) is 0. The van der Waals surface area contributed by atoms with E-state index in [1.54, 1.807) is 10.6 Å². The van der Waals surface area contributed by atoms with E-state index in [4.69, 9.17) is 0 Å². The van der Waals surface area contributed by atoms with Crippen LogP contribution in [0.5, 0.6) is 0 Å². The first-order valence-corrected chi connectivity index (χ1v) is 28.6. The second-order valence-corrected chi connectivity index (χ2v) is 21.2. The Morgan fingerprint density at radius 3 is 0.639 bits per heavy atom. The molecule has 5 aromatic carbocycles. The third-order valence-electron chi connectivity index (χ3n) is 15.4. The number of para-hydroxylation sites is 1. The highest BCUT2D eigenvalue weighted by molar-refractivity contribution is 7.20. The zero-order valence-corrected chi connectivity index (χ0v) is 46.7. The van der Waals surface area contributed by atoms with Gasteiger partial charge in [0.25, 0.3) is 0 Å². The van der Waals surface area contributed by atoms with Crippen LogP contribution < -0.4 is 26.8 Å². The largest absolute Gasteiger partial charge is 0.302 e. The fourth-order valence-electron chi connectivity index (χ4n) is 11.0. The smallest absolute Gasteiger partial charge is 0.200 e. The van der Waals surface area contributed by atoms with Crippen LogP contribution in [0.25, 0.3) is 0 Å². The van der Waals surface area contributed by atoms with Gasteiger partial charge < -0.3 is 4.90 Å². The highest BCUT2D eigenvalue weighted by Gasteiger charge is 2.52. The molecule has 1 nitrogen and oxygen atoms in total. The minimum Gasteiger partial charge on any atom is -0.302 e.